The number of benzene rings is 3. The number of hydrogen-bond donors (Lipinski definition) is 3. The summed E-state index contributed by atoms with van der Waals surface area (Å²) in [5, 5.41) is 6.38. The van der Waals surface area contributed by atoms with Crippen molar-refractivity contribution in [1.82, 2.24) is 24.9 Å². The van der Waals surface area contributed by atoms with Crippen molar-refractivity contribution < 1.29 is 23.1 Å². The van der Waals surface area contributed by atoms with Crippen molar-refractivity contribution in [3.8, 4) is 21.9 Å². The number of ether oxygens (including phenoxy) is 1. The molecule has 3 aromatic carbocycles. The molecule has 3 N–H and O–H groups in total. The number of rotatable bonds is 12. The maximum absolute atomic E-state index is 15.1. The molecule has 0 aliphatic rings. The second-order valence-electron chi connectivity index (χ2n) is 11.6. The summed E-state index contributed by atoms with van der Waals surface area (Å²) in [4.78, 5) is 50.9. The molecule has 262 valence electrons. The zero-order chi connectivity index (χ0) is 36.1. The molecular formula is C37H34F2N6O5S. The molecule has 0 saturated heterocycles. The third-order valence-electron chi connectivity index (χ3n) is 8.25. The lowest BCUT2D eigenvalue weighted by Gasteiger charge is -2.16. The van der Waals surface area contributed by atoms with Crippen LogP contribution >= 0.6 is 11.3 Å². The minimum Gasteiger partial charge on any atom is -0.497 e. The number of anilines is 1. The van der Waals surface area contributed by atoms with Crippen LogP contribution in [0.3, 0.4) is 0 Å². The van der Waals surface area contributed by atoms with E-state index in [9.17, 15) is 14.4 Å². The Hall–Kier alpha value is -5.70. The summed E-state index contributed by atoms with van der Waals surface area (Å²) < 4.78 is 37.7. The Kier molecular flexibility index (Phi) is 10.7. The van der Waals surface area contributed by atoms with E-state index in [2.05, 4.69) is 25.9 Å². The van der Waals surface area contributed by atoms with Gasteiger partial charge in [-0.1, -0.05) is 24.3 Å². The van der Waals surface area contributed by atoms with Crippen molar-refractivity contribution in [2.75, 3.05) is 19.5 Å². The van der Waals surface area contributed by atoms with E-state index in [1.807, 2.05) is 25.1 Å². The van der Waals surface area contributed by atoms with E-state index < -0.39 is 35.5 Å². The molecule has 1 unspecified atom stereocenters. The van der Waals surface area contributed by atoms with Gasteiger partial charge in [0, 0.05) is 47.0 Å². The number of pyridine rings is 1. The number of halogens is 2. The molecule has 0 spiro atoms. The molecule has 0 saturated carbocycles. The SMILES string of the molecule is CONC(=O)Nc1ccc(-c2sc3c(c2CNC(C)Cc2ccccn2)c(=O)n(-c2ccc(OC)cc2)c(=O)n3Cc2c(F)cccc2F)cc1. The van der Waals surface area contributed by atoms with Crippen LogP contribution in [0.15, 0.2) is 101 Å². The number of fused-ring (bicyclic) bond motifs is 1. The van der Waals surface area contributed by atoms with Gasteiger partial charge in [0.05, 0.1) is 31.8 Å². The molecular weight excluding hydrogens is 679 g/mol. The van der Waals surface area contributed by atoms with Gasteiger partial charge >= 0.3 is 11.7 Å². The van der Waals surface area contributed by atoms with E-state index in [1.54, 1.807) is 54.7 Å². The summed E-state index contributed by atoms with van der Waals surface area (Å²) in [5.41, 5.74) is 3.43. The fourth-order valence-corrected chi connectivity index (χ4v) is 7.06. The largest absolute Gasteiger partial charge is 0.497 e. The topological polar surface area (TPSA) is 129 Å². The van der Waals surface area contributed by atoms with Crippen LogP contribution in [0.2, 0.25) is 0 Å². The number of thiophene rings is 1. The lowest BCUT2D eigenvalue weighted by molar-refractivity contribution is 0.114. The highest BCUT2D eigenvalue weighted by atomic mass is 32.1. The number of amides is 2. The predicted molar refractivity (Wildman–Crippen MR) is 193 cm³/mol. The van der Waals surface area contributed by atoms with E-state index in [0.717, 1.165) is 22.4 Å². The Morgan fingerprint density at radius 3 is 2.29 bits per heavy atom. The molecule has 0 fully saturated rings. The van der Waals surface area contributed by atoms with Crippen molar-refractivity contribution in [3.63, 3.8) is 0 Å². The molecule has 6 aromatic rings. The minimum absolute atomic E-state index is 0.0733. The Balaban J connectivity index is 1.55. The lowest BCUT2D eigenvalue weighted by atomic mass is 10.1. The fourth-order valence-electron chi connectivity index (χ4n) is 5.75. The van der Waals surface area contributed by atoms with Crippen molar-refractivity contribution in [2.45, 2.75) is 32.5 Å². The molecule has 3 aromatic heterocycles. The number of urea groups is 1. The number of methoxy groups -OCH3 is 1. The second-order valence-corrected chi connectivity index (χ2v) is 12.6. The van der Waals surface area contributed by atoms with Crippen LogP contribution in [0, 0.1) is 11.6 Å². The van der Waals surface area contributed by atoms with Crippen LogP contribution in [0.5, 0.6) is 5.75 Å². The first-order valence-corrected chi connectivity index (χ1v) is 16.7. The maximum Gasteiger partial charge on any atom is 0.343 e. The normalized spacial score (nSPS) is 11.8. The number of hydroxylamine groups is 1. The average molecular weight is 713 g/mol. The van der Waals surface area contributed by atoms with E-state index in [1.165, 1.54) is 36.2 Å². The van der Waals surface area contributed by atoms with Crippen molar-refractivity contribution >= 4 is 33.3 Å². The highest BCUT2D eigenvalue weighted by molar-refractivity contribution is 7.22. The zero-order valence-corrected chi connectivity index (χ0v) is 28.7. The van der Waals surface area contributed by atoms with Crippen LogP contribution < -0.4 is 32.1 Å². The smallest absolute Gasteiger partial charge is 0.343 e. The van der Waals surface area contributed by atoms with Gasteiger partial charge in [0.1, 0.15) is 22.2 Å². The first kappa shape index (κ1) is 35.1. The quantitative estimate of drug-likeness (QED) is 0.133. The molecule has 11 nitrogen and oxygen atoms in total. The lowest BCUT2D eigenvalue weighted by Crippen LogP contribution is -2.39. The number of carbonyl (C=O) groups is 1. The van der Waals surface area contributed by atoms with Crippen LogP contribution in [0.1, 0.15) is 23.7 Å². The maximum atomic E-state index is 15.1. The van der Waals surface area contributed by atoms with Crippen LogP contribution in [0.25, 0.3) is 26.3 Å². The van der Waals surface area contributed by atoms with Gasteiger partial charge in [0.15, 0.2) is 0 Å². The average Bonchev–Trinajstić information content (AvgIpc) is 3.51. The van der Waals surface area contributed by atoms with E-state index in [4.69, 9.17) is 4.74 Å². The molecule has 0 radical (unpaired) electrons. The molecule has 0 aliphatic heterocycles. The first-order valence-electron chi connectivity index (χ1n) is 15.9. The van der Waals surface area contributed by atoms with Crippen LogP contribution in [-0.4, -0.2) is 40.4 Å². The highest BCUT2D eigenvalue weighted by Gasteiger charge is 2.25. The van der Waals surface area contributed by atoms with Gasteiger partial charge in [0.2, 0.25) is 0 Å². The van der Waals surface area contributed by atoms with E-state index >= 15 is 8.78 Å². The Labute approximate surface area is 295 Å². The number of nitrogens with zero attached hydrogens (tertiary/aromatic N) is 3. The van der Waals surface area contributed by atoms with Crippen molar-refractivity contribution in [3.05, 3.63) is 140 Å². The molecule has 1 atom stereocenters. The van der Waals surface area contributed by atoms with Gasteiger partial charge in [-0.2, -0.15) is 0 Å². The highest BCUT2D eigenvalue weighted by Crippen LogP contribution is 2.38. The number of nitrogens with one attached hydrogen (secondary N) is 3. The van der Waals surface area contributed by atoms with Gasteiger partial charge in [-0.05, 0) is 78.7 Å². The minimum atomic E-state index is -0.820. The van der Waals surface area contributed by atoms with E-state index in [-0.39, 0.29) is 34.1 Å². The third-order valence-corrected chi connectivity index (χ3v) is 9.55. The summed E-state index contributed by atoms with van der Waals surface area (Å²) in [6, 6.07) is 21.9. The summed E-state index contributed by atoms with van der Waals surface area (Å²) in [5.74, 6) is -1.12. The molecule has 3 heterocycles. The summed E-state index contributed by atoms with van der Waals surface area (Å²) in [6.07, 6.45) is 2.33. The predicted octanol–water partition coefficient (Wildman–Crippen LogP) is 6.01. The molecule has 0 aliphatic carbocycles. The second kappa shape index (κ2) is 15.5. The fraction of sp³-hybridized carbons (Fsp3) is 0.189. The Morgan fingerprint density at radius 1 is 0.922 bits per heavy atom. The molecule has 6 rings (SSSR count). The van der Waals surface area contributed by atoms with Gasteiger partial charge < -0.3 is 15.4 Å². The van der Waals surface area contributed by atoms with Crippen LogP contribution in [-0.2, 0) is 24.3 Å². The number of carbonyl (C=O) groups excluding carboxylic acids is 1. The zero-order valence-electron chi connectivity index (χ0n) is 27.9. The molecule has 51 heavy (non-hydrogen) atoms. The first-order chi connectivity index (χ1) is 24.7. The molecule has 2 amide bonds. The summed E-state index contributed by atoms with van der Waals surface area (Å²) >= 11 is 1.17. The van der Waals surface area contributed by atoms with Crippen molar-refractivity contribution in [1.29, 1.82) is 0 Å². The monoisotopic (exact) mass is 712 g/mol. The molecule has 14 heteroatoms. The van der Waals surface area contributed by atoms with Gasteiger partial charge in [-0.25, -0.2) is 28.4 Å². The Bertz CT molecular complexity index is 2270. The van der Waals surface area contributed by atoms with Crippen molar-refractivity contribution in [2.24, 2.45) is 0 Å². The third kappa shape index (κ3) is 7.57. The van der Waals surface area contributed by atoms with Gasteiger partial charge in [0.25, 0.3) is 5.56 Å². The van der Waals surface area contributed by atoms with Gasteiger partial charge in [-0.3, -0.25) is 19.2 Å². The summed E-state index contributed by atoms with van der Waals surface area (Å²) in [6.45, 7) is 1.75. The Morgan fingerprint density at radius 2 is 1.65 bits per heavy atom. The van der Waals surface area contributed by atoms with Crippen LogP contribution in [0.4, 0.5) is 19.3 Å². The number of hydrogen-bond acceptors (Lipinski definition) is 8. The van der Waals surface area contributed by atoms with E-state index in [0.29, 0.717) is 33.9 Å². The number of aromatic nitrogens is 3. The standard InChI is InChI=1S/C37H34F2N6O5S/c1-22(19-25-7-4-5-18-40-25)41-20-28-32-34(46)45(26-14-16-27(49-2)17-15-26)37(48)44(21-29-30(38)8-6-9-31(29)39)35(32)51-33(28)23-10-12-24(13-11-23)42-36(47)43-50-3/h4-18,22,41H,19-21H2,1-3H3,(H2,42,43,47). The van der Waals surface area contributed by atoms with Gasteiger partial charge in [-0.15, -0.1) is 11.3 Å². The summed E-state index contributed by atoms with van der Waals surface area (Å²) in [7, 11) is 2.82. The molecule has 0 bridgehead atoms.